The third-order valence-corrected chi connectivity index (χ3v) is 3.42. The summed E-state index contributed by atoms with van der Waals surface area (Å²) < 4.78 is 2.84. The Morgan fingerprint density at radius 1 is 1.38 bits per heavy atom. The van der Waals surface area contributed by atoms with Crippen LogP contribution < -0.4 is 5.73 Å². The highest BCUT2D eigenvalue weighted by Gasteiger charge is 2.08. The van der Waals surface area contributed by atoms with Gasteiger partial charge in [0, 0.05) is 12.6 Å². The van der Waals surface area contributed by atoms with Crippen molar-refractivity contribution in [1.29, 1.82) is 0 Å². The maximum Gasteiger partial charge on any atom is 0.129 e. The molecule has 4 nitrogen and oxygen atoms in total. The van der Waals surface area contributed by atoms with Crippen LogP contribution in [0.15, 0.2) is 29.9 Å². The molecule has 0 saturated carbocycles. The van der Waals surface area contributed by atoms with Gasteiger partial charge in [-0.15, -0.1) is 11.3 Å². The van der Waals surface area contributed by atoms with Gasteiger partial charge < -0.3 is 5.73 Å². The first-order valence-electron chi connectivity index (χ1n) is 4.87. The number of anilines is 1. The number of hydrogen-bond acceptors (Lipinski definition) is 4. The van der Waals surface area contributed by atoms with Crippen molar-refractivity contribution < 1.29 is 0 Å². The minimum Gasteiger partial charge on any atom is -0.383 e. The van der Waals surface area contributed by atoms with Crippen LogP contribution in [0.5, 0.6) is 0 Å². The zero-order valence-electron chi connectivity index (χ0n) is 8.71. The molecule has 0 bridgehead atoms. The van der Waals surface area contributed by atoms with Gasteiger partial charge in [-0.25, -0.2) is 4.98 Å². The summed E-state index contributed by atoms with van der Waals surface area (Å²) in [5.74, 6) is 0.684. The first-order valence-corrected chi connectivity index (χ1v) is 5.75. The molecule has 1 aromatic carbocycles. The number of nitrogens with two attached hydrogens (primary N) is 1. The SMILES string of the molecule is Cn1ncc(-c2ccc3ncsc3c2)c1N. The van der Waals surface area contributed by atoms with E-state index in [1.807, 2.05) is 24.7 Å². The van der Waals surface area contributed by atoms with Gasteiger partial charge in [0.1, 0.15) is 5.82 Å². The maximum atomic E-state index is 5.94. The first kappa shape index (κ1) is 9.35. The molecule has 0 fully saturated rings. The van der Waals surface area contributed by atoms with Gasteiger partial charge in [0.25, 0.3) is 0 Å². The van der Waals surface area contributed by atoms with E-state index in [0.29, 0.717) is 5.82 Å². The van der Waals surface area contributed by atoms with Crippen LogP contribution in [0.4, 0.5) is 5.82 Å². The number of fused-ring (bicyclic) bond motifs is 1. The monoisotopic (exact) mass is 230 g/mol. The van der Waals surface area contributed by atoms with Crippen LogP contribution in [0.1, 0.15) is 0 Å². The van der Waals surface area contributed by atoms with Crippen molar-refractivity contribution >= 4 is 27.4 Å². The van der Waals surface area contributed by atoms with Crippen LogP contribution in [0.3, 0.4) is 0 Å². The van der Waals surface area contributed by atoms with Gasteiger partial charge in [-0.3, -0.25) is 4.68 Å². The normalized spacial score (nSPS) is 11.1. The van der Waals surface area contributed by atoms with Crippen molar-refractivity contribution in [2.45, 2.75) is 0 Å². The average molecular weight is 230 g/mol. The number of benzene rings is 1. The lowest BCUT2D eigenvalue weighted by Gasteiger charge is -2.00. The Morgan fingerprint density at radius 2 is 2.25 bits per heavy atom. The van der Waals surface area contributed by atoms with Gasteiger partial charge >= 0.3 is 0 Å². The summed E-state index contributed by atoms with van der Waals surface area (Å²) in [7, 11) is 1.84. The van der Waals surface area contributed by atoms with E-state index in [4.69, 9.17) is 5.73 Å². The van der Waals surface area contributed by atoms with Gasteiger partial charge in [0.05, 0.1) is 21.9 Å². The standard InChI is InChI=1S/C11H10N4S/c1-15-11(12)8(5-14-15)7-2-3-9-10(4-7)16-6-13-9/h2-6H,12H2,1H3. The molecule has 0 saturated heterocycles. The number of aryl methyl sites for hydroxylation is 1. The summed E-state index contributed by atoms with van der Waals surface area (Å²) in [5.41, 5.74) is 10.9. The van der Waals surface area contributed by atoms with Crippen LogP contribution in [0.25, 0.3) is 21.3 Å². The highest BCUT2D eigenvalue weighted by molar-refractivity contribution is 7.16. The van der Waals surface area contributed by atoms with Gasteiger partial charge in [-0.2, -0.15) is 5.10 Å². The first-order chi connectivity index (χ1) is 7.75. The van der Waals surface area contributed by atoms with Crippen LogP contribution in [-0.4, -0.2) is 14.8 Å². The second-order valence-electron chi connectivity index (χ2n) is 3.60. The average Bonchev–Trinajstić information content (AvgIpc) is 2.86. The lowest BCUT2D eigenvalue weighted by Crippen LogP contribution is -1.97. The van der Waals surface area contributed by atoms with Crippen molar-refractivity contribution in [2.24, 2.45) is 7.05 Å². The van der Waals surface area contributed by atoms with E-state index in [2.05, 4.69) is 16.1 Å². The zero-order valence-corrected chi connectivity index (χ0v) is 9.53. The molecule has 0 aliphatic carbocycles. The van der Waals surface area contributed by atoms with Crippen molar-refractivity contribution in [3.8, 4) is 11.1 Å². The number of thiazole rings is 1. The van der Waals surface area contributed by atoms with Gasteiger partial charge in [0.15, 0.2) is 0 Å². The predicted molar refractivity (Wildman–Crippen MR) is 66.2 cm³/mol. The van der Waals surface area contributed by atoms with Gasteiger partial charge in [-0.1, -0.05) is 6.07 Å². The molecule has 3 aromatic rings. The van der Waals surface area contributed by atoms with E-state index in [1.165, 1.54) is 4.70 Å². The molecule has 5 heteroatoms. The Kier molecular flexibility index (Phi) is 1.94. The Bertz CT molecular complexity index is 653. The Balaban J connectivity index is 2.21. The third-order valence-electron chi connectivity index (χ3n) is 2.63. The third kappa shape index (κ3) is 1.29. The minimum atomic E-state index is 0.684. The lowest BCUT2D eigenvalue weighted by molar-refractivity contribution is 0.779. The van der Waals surface area contributed by atoms with Crippen LogP contribution in [0.2, 0.25) is 0 Å². The molecule has 0 radical (unpaired) electrons. The molecule has 3 rings (SSSR count). The second kappa shape index (κ2) is 3.31. The summed E-state index contributed by atoms with van der Waals surface area (Å²) in [6.45, 7) is 0. The fourth-order valence-electron chi connectivity index (χ4n) is 1.69. The van der Waals surface area contributed by atoms with Crippen molar-refractivity contribution in [1.82, 2.24) is 14.8 Å². The minimum absolute atomic E-state index is 0.684. The maximum absolute atomic E-state index is 5.94. The second-order valence-corrected chi connectivity index (χ2v) is 4.49. The molecule has 0 spiro atoms. The molecular weight excluding hydrogens is 220 g/mol. The Hall–Kier alpha value is -1.88. The van der Waals surface area contributed by atoms with Crippen molar-refractivity contribution in [2.75, 3.05) is 5.73 Å². The molecule has 80 valence electrons. The van der Waals surface area contributed by atoms with E-state index < -0.39 is 0 Å². The molecule has 2 heterocycles. The smallest absolute Gasteiger partial charge is 0.129 e. The van der Waals surface area contributed by atoms with E-state index >= 15 is 0 Å². The Labute approximate surface area is 96.3 Å². The van der Waals surface area contributed by atoms with Crippen molar-refractivity contribution in [3.05, 3.63) is 29.9 Å². The number of nitrogen functional groups attached to an aromatic ring is 1. The predicted octanol–water partition coefficient (Wildman–Crippen LogP) is 2.28. The molecule has 0 amide bonds. The largest absolute Gasteiger partial charge is 0.383 e. The molecular formula is C11H10N4S. The van der Waals surface area contributed by atoms with E-state index in [0.717, 1.165) is 16.6 Å². The van der Waals surface area contributed by atoms with Gasteiger partial charge in [0.2, 0.25) is 0 Å². The van der Waals surface area contributed by atoms with E-state index in [9.17, 15) is 0 Å². The van der Waals surface area contributed by atoms with E-state index in [-0.39, 0.29) is 0 Å². The van der Waals surface area contributed by atoms with Crippen LogP contribution in [-0.2, 0) is 7.05 Å². The molecule has 0 aliphatic rings. The van der Waals surface area contributed by atoms with Gasteiger partial charge in [-0.05, 0) is 17.7 Å². The topological polar surface area (TPSA) is 56.7 Å². The summed E-state index contributed by atoms with van der Waals surface area (Å²) >= 11 is 1.63. The molecule has 0 atom stereocenters. The molecule has 0 aliphatic heterocycles. The number of aromatic nitrogens is 3. The quantitative estimate of drug-likeness (QED) is 0.697. The highest BCUT2D eigenvalue weighted by Crippen LogP contribution is 2.29. The highest BCUT2D eigenvalue weighted by atomic mass is 32.1. The summed E-state index contributed by atoms with van der Waals surface area (Å²) in [5, 5.41) is 4.14. The summed E-state index contributed by atoms with van der Waals surface area (Å²) in [4.78, 5) is 4.25. The zero-order chi connectivity index (χ0) is 11.1. The lowest BCUT2D eigenvalue weighted by atomic mass is 10.1. The fraction of sp³-hybridized carbons (Fsp3) is 0.0909. The number of hydrogen-bond donors (Lipinski definition) is 1. The molecule has 0 unspecified atom stereocenters. The fourth-order valence-corrected chi connectivity index (χ4v) is 2.41. The Morgan fingerprint density at radius 3 is 3.00 bits per heavy atom. The molecule has 2 aromatic heterocycles. The van der Waals surface area contributed by atoms with Crippen LogP contribution in [0, 0.1) is 0 Å². The number of rotatable bonds is 1. The van der Waals surface area contributed by atoms with Crippen LogP contribution >= 0.6 is 11.3 Å². The number of nitrogens with zero attached hydrogens (tertiary/aromatic N) is 3. The summed E-state index contributed by atoms with van der Waals surface area (Å²) in [6, 6.07) is 6.13. The molecule has 16 heavy (non-hydrogen) atoms. The summed E-state index contributed by atoms with van der Waals surface area (Å²) in [6.07, 6.45) is 1.79. The van der Waals surface area contributed by atoms with Crippen molar-refractivity contribution in [3.63, 3.8) is 0 Å². The van der Waals surface area contributed by atoms with E-state index in [1.54, 1.807) is 22.2 Å². The molecule has 2 N–H and O–H groups in total.